The van der Waals surface area contributed by atoms with Gasteiger partial charge in [0, 0.05) is 42.5 Å². The van der Waals surface area contributed by atoms with Gasteiger partial charge in [-0.25, -0.2) is 4.98 Å². The third kappa shape index (κ3) is 3.74. The number of aryl methyl sites for hydroxylation is 1. The number of pyridine rings is 1. The van der Waals surface area contributed by atoms with Crippen molar-refractivity contribution in [2.75, 3.05) is 11.4 Å². The van der Waals surface area contributed by atoms with E-state index in [4.69, 9.17) is 4.42 Å². The van der Waals surface area contributed by atoms with Crippen molar-refractivity contribution in [3.63, 3.8) is 0 Å². The highest BCUT2D eigenvalue weighted by Gasteiger charge is 2.21. The van der Waals surface area contributed by atoms with Crippen molar-refractivity contribution in [2.45, 2.75) is 19.3 Å². The number of hydrogen-bond acceptors (Lipinski definition) is 5. The molecular formula is C21H19N3O3. The second kappa shape index (κ2) is 7.45. The highest BCUT2D eigenvalue weighted by atomic mass is 16.6. The van der Waals surface area contributed by atoms with E-state index in [-0.39, 0.29) is 10.6 Å². The Labute approximate surface area is 156 Å². The highest BCUT2D eigenvalue weighted by molar-refractivity contribution is 5.77. The lowest BCUT2D eigenvalue weighted by molar-refractivity contribution is -0.384. The predicted octanol–water partition coefficient (Wildman–Crippen LogP) is 5.14. The van der Waals surface area contributed by atoms with Gasteiger partial charge >= 0.3 is 0 Å². The molecule has 0 saturated heterocycles. The summed E-state index contributed by atoms with van der Waals surface area (Å²) in [5, 5.41) is 11.2. The minimum atomic E-state index is -0.368. The van der Waals surface area contributed by atoms with Crippen molar-refractivity contribution >= 4 is 23.3 Å². The third-order valence-electron chi connectivity index (χ3n) is 4.65. The fourth-order valence-electron chi connectivity index (χ4n) is 3.37. The molecule has 0 aliphatic carbocycles. The molecule has 0 radical (unpaired) electrons. The maximum Gasteiger partial charge on any atom is 0.271 e. The van der Waals surface area contributed by atoms with Gasteiger partial charge in [0.15, 0.2) is 0 Å². The summed E-state index contributed by atoms with van der Waals surface area (Å²) in [6.07, 6.45) is 8.43. The summed E-state index contributed by atoms with van der Waals surface area (Å²) in [5.74, 6) is 1.82. The lowest BCUT2D eigenvalue weighted by Crippen LogP contribution is -2.25. The van der Waals surface area contributed by atoms with Gasteiger partial charge in [-0.05, 0) is 48.7 Å². The van der Waals surface area contributed by atoms with Gasteiger partial charge in [-0.1, -0.05) is 12.1 Å². The molecule has 27 heavy (non-hydrogen) atoms. The molecule has 0 amide bonds. The number of fused-ring (bicyclic) bond motifs is 1. The van der Waals surface area contributed by atoms with Gasteiger partial charge in [-0.2, -0.15) is 0 Å². The first-order chi connectivity index (χ1) is 13.2. The Bertz CT molecular complexity index is 980. The fraction of sp³-hybridized carbons (Fsp3) is 0.190. The maximum absolute atomic E-state index is 11.2. The van der Waals surface area contributed by atoms with Crippen LogP contribution in [0.2, 0.25) is 0 Å². The van der Waals surface area contributed by atoms with Gasteiger partial charge in [0.25, 0.3) is 5.69 Å². The zero-order valence-corrected chi connectivity index (χ0v) is 14.7. The van der Waals surface area contributed by atoms with Crippen LogP contribution in [0.15, 0.2) is 71.0 Å². The largest absolute Gasteiger partial charge is 0.469 e. The zero-order chi connectivity index (χ0) is 18.6. The Morgan fingerprint density at radius 3 is 2.89 bits per heavy atom. The van der Waals surface area contributed by atoms with Crippen LogP contribution in [0.5, 0.6) is 0 Å². The van der Waals surface area contributed by atoms with Crippen LogP contribution >= 0.6 is 0 Å². The van der Waals surface area contributed by atoms with E-state index in [1.54, 1.807) is 24.6 Å². The molecule has 0 unspecified atom stereocenters. The molecule has 0 atom stereocenters. The molecule has 3 aromatic rings. The van der Waals surface area contributed by atoms with Crippen LogP contribution in [0.25, 0.3) is 6.08 Å². The predicted molar refractivity (Wildman–Crippen MR) is 104 cm³/mol. The van der Waals surface area contributed by atoms with E-state index < -0.39 is 0 Å². The number of nitrogens with zero attached hydrogens (tertiary/aromatic N) is 3. The summed E-state index contributed by atoms with van der Waals surface area (Å²) in [4.78, 5) is 17.3. The quantitative estimate of drug-likeness (QED) is 0.449. The summed E-state index contributed by atoms with van der Waals surface area (Å²) in [5.41, 5.74) is 3.16. The van der Waals surface area contributed by atoms with E-state index in [1.165, 1.54) is 11.6 Å². The van der Waals surface area contributed by atoms with E-state index in [1.807, 2.05) is 35.2 Å². The van der Waals surface area contributed by atoms with Crippen LogP contribution in [0.3, 0.4) is 0 Å². The number of nitro groups is 1. The molecule has 6 heteroatoms. The number of nitro benzene ring substituents is 1. The maximum atomic E-state index is 11.2. The number of non-ortho nitro benzene ring substituents is 1. The van der Waals surface area contributed by atoms with E-state index in [0.29, 0.717) is 6.54 Å². The van der Waals surface area contributed by atoms with Crippen molar-refractivity contribution in [1.29, 1.82) is 0 Å². The standard InChI is InChI=1S/C21H19N3O3/c25-24(26)19-8-2-7-18(14-19)23-15-16(5-1-9-20-10-4-12-27-20)13-17-6-3-11-22-21(17)23/h2-4,6-8,10-14H,1,5,9,15H2. The van der Waals surface area contributed by atoms with Crippen molar-refractivity contribution in [1.82, 2.24) is 4.98 Å². The van der Waals surface area contributed by atoms with E-state index in [2.05, 4.69) is 11.1 Å². The van der Waals surface area contributed by atoms with Crippen LogP contribution in [0.1, 0.15) is 24.2 Å². The van der Waals surface area contributed by atoms with Crippen LogP contribution in [-0.2, 0) is 6.42 Å². The number of rotatable bonds is 6. The van der Waals surface area contributed by atoms with Gasteiger partial charge < -0.3 is 9.32 Å². The van der Waals surface area contributed by atoms with Gasteiger partial charge in [0.05, 0.1) is 11.2 Å². The van der Waals surface area contributed by atoms with E-state index >= 15 is 0 Å². The lowest BCUT2D eigenvalue weighted by Gasteiger charge is -2.30. The number of hydrogen-bond donors (Lipinski definition) is 0. The van der Waals surface area contributed by atoms with Gasteiger partial charge in [0.1, 0.15) is 11.6 Å². The Morgan fingerprint density at radius 1 is 1.15 bits per heavy atom. The first-order valence-corrected chi connectivity index (χ1v) is 8.89. The molecule has 1 aliphatic rings. The number of furan rings is 1. The molecule has 1 aromatic carbocycles. The van der Waals surface area contributed by atoms with Gasteiger partial charge in [0.2, 0.25) is 0 Å². The zero-order valence-electron chi connectivity index (χ0n) is 14.7. The van der Waals surface area contributed by atoms with Crippen LogP contribution < -0.4 is 4.90 Å². The van der Waals surface area contributed by atoms with Crippen LogP contribution in [0.4, 0.5) is 17.2 Å². The normalized spacial score (nSPS) is 13.2. The van der Waals surface area contributed by atoms with Crippen LogP contribution in [-0.4, -0.2) is 16.5 Å². The second-order valence-electron chi connectivity index (χ2n) is 6.51. The van der Waals surface area contributed by atoms with Crippen molar-refractivity contribution < 1.29 is 9.34 Å². The Kier molecular flexibility index (Phi) is 4.70. The van der Waals surface area contributed by atoms with Crippen molar-refractivity contribution in [3.8, 4) is 0 Å². The number of benzene rings is 1. The molecular weight excluding hydrogens is 342 g/mol. The molecule has 2 aromatic heterocycles. The average molecular weight is 361 g/mol. The molecule has 4 rings (SSSR count). The molecule has 3 heterocycles. The molecule has 136 valence electrons. The Hall–Kier alpha value is -3.41. The Balaban J connectivity index is 1.58. The third-order valence-corrected chi connectivity index (χ3v) is 4.65. The molecule has 6 nitrogen and oxygen atoms in total. The van der Waals surface area contributed by atoms with Crippen molar-refractivity contribution in [3.05, 3.63) is 88.0 Å². The molecule has 0 N–H and O–H groups in total. The monoisotopic (exact) mass is 361 g/mol. The van der Waals surface area contributed by atoms with Gasteiger partial charge in [-0.15, -0.1) is 0 Å². The van der Waals surface area contributed by atoms with Crippen molar-refractivity contribution in [2.24, 2.45) is 0 Å². The van der Waals surface area contributed by atoms with E-state index in [0.717, 1.165) is 42.1 Å². The lowest BCUT2D eigenvalue weighted by atomic mass is 10.00. The minimum Gasteiger partial charge on any atom is -0.469 e. The average Bonchev–Trinajstić information content (AvgIpc) is 3.21. The van der Waals surface area contributed by atoms with Crippen LogP contribution in [0, 0.1) is 10.1 Å². The first-order valence-electron chi connectivity index (χ1n) is 8.89. The summed E-state index contributed by atoms with van der Waals surface area (Å²) < 4.78 is 5.40. The summed E-state index contributed by atoms with van der Waals surface area (Å²) in [6.45, 7) is 0.670. The smallest absolute Gasteiger partial charge is 0.271 e. The molecule has 0 bridgehead atoms. The molecule has 0 fully saturated rings. The summed E-state index contributed by atoms with van der Waals surface area (Å²) in [7, 11) is 0. The number of aromatic nitrogens is 1. The first kappa shape index (κ1) is 17.0. The van der Waals surface area contributed by atoms with Gasteiger partial charge in [-0.3, -0.25) is 10.1 Å². The number of anilines is 2. The summed E-state index contributed by atoms with van der Waals surface area (Å²) in [6, 6.07) is 14.5. The minimum absolute atomic E-state index is 0.0823. The molecule has 1 aliphatic heterocycles. The summed E-state index contributed by atoms with van der Waals surface area (Å²) >= 11 is 0. The highest BCUT2D eigenvalue weighted by Crippen LogP contribution is 2.35. The second-order valence-corrected chi connectivity index (χ2v) is 6.51. The molecule has 0 saturated carbocycles. The SMILES string of the molecule is O=[N+]([O-])c1cccc(N2CC(CCCc3ccco3)=Cc3cccnc32)c1. The fourth-order valence-corrected chi connectivity index (χ4v) is 3.37. The topological polar surface area (TPSA) is 72.4 Å². The van der Waals surface area contributed by atoms with E-state index in [9.17, 15) is 10.1 Å². The Morgan fingerprint density at radius 2 is 2.07 bits per heavy atom. The molecule has 0 spiro atoms.